The maximum atomic E-state index is 11.8. The first-order chi connectivity index (χ1) is 12.1. The fourth-order valence-electron chi connectivity index (χ4n) is 3.54. The predicted octanol–water partition coefficient (Wildman–Crippen LogP) is 0.532. The molecule has 1 saturated heterocycles. The maximum absolute atomic E-state index is 11.8. The third-order valence-corrected chi connectivity index (χ3v) is 6.35. The molecule has 2 atom stereocenters. The summed E-state index contributed by atoms with van der Waals surface area (Å²) in [4.78, 5) is 2.63. The fraction of sp³-hybridized carbons (Fsp3) is 0.500. The molecule has 8 nitrogen and oxygen atoms in total. The second-order valence-electron chi connectivity index (χ2n) is 6.46. The zero-order valence-electron chi connectivity index (χ0n) is 14.0. The Morgan fingerprint density at radius 3 is 2.88 bits per heavy atom. The van der Waals surface area contributed by atoms with Gasteiger partial charge in [0.1, 0.15) is 0 Å². The molecule has 3 heterocycles. The summed E-state index contributed by atoms with van der Waals surface area (Å²) < 4.78 is 33.8. The number of ether oxygens (including phenoxy) is 1. The quantitative estimate of drug-likeness (QED) is 0.852. The summed E-state index contributed by atoms with van der Waals surface area (Å²) in [7, 11) is -1.97. The van der Waals surface area contributed by atoms with Gasteiger partial charge in [-0.2, -0.15) is 0 Å². The number of aromatic nitrogens is 3. The molecule has 0 aliphatic carbocycles. The van der Waals surface area contributed by atoms with Gasteiger partial charge in [-0.05, 0) is 31.2 Å². The number of hydrogen-bond acceptors (Lipinski definition) is 6. The van der Waals surface area contributed by atoms with Gasteiger partial charge in [0.05, 0.1) is 35.5 Å². The Bertz CT molecular complexity index is 849. The van der Waals surface area contributed by atoms with Gasteiger partial charge in [0, 0.05) is 19.6 Å². The van der Waals surface area contributed by atoms with Crippen LogP contribution in [0, 0.1) is 0 Å². The lowest BCUT2D eigenvalue weighted by Gasteiger charge is -2.41. The highest BCUT2D eigenvalue weighted by Gasteiger charge is 2.36. The summed E-state index contributed by atoms with van der Waals surface area (Å²) in [5.41, 5.74) is 2.11. The third kappa shape index (κ3) is 3.20. The van der Waals surface area contributed by atoms with Gasteiger partial charge in [0.15, 0.2) is 0 Å². The second kappa shape index (κ2) is 6.49. The number of rotatable bonds is 4. The zero-order chi connectivity index (χ0) is 17.4. The molecular weight excluding hydrogens is 342 g/mol. The van der Waals surface area contributed by atoms with Crippen LogP contribution in [0.5, 0.6) is 0 Å². The van der Waals surface area contributed by atoms with Crippen molar-refractivity contribution in [3.8, 4) is 0 Å². The van der Waals surface area contributed by atoms with Gasteiger partial charge >= 0.3 is 0 Å². The SMILES string of the molecule is CNS(=O)(=O)c1ccc(CN2CCC3OCc4cnnn4C3C2)cc1. The largest absolute Gasteiger partial charge is 0.370 e. The Kier molecular flexibility index (Phi) is 4.32. The van der Waals surface area contributed by atoms with Gasteiger partial charge in [0.25, 0.3) is 0 Å². The van der Waals surface area contributed by atoms with Crippen LogP contribution in [0.2, 0.25) is 0 Å². The minimum Gasteiger partial charge on any atom is -0.370 e. The topological polar surface area (TPSA) is 89.3 Å². The number of nitrogens with zero attached hydrogens (tertiary/aromatic N) is 4. The van der Waals surface area contributed by atoms with Crippen LogP contribution in [-0.4, -0.2) is 54.6 Å². The van der Waals surface area contributed by atoms with Crippen molar-refractivity contribution in [3.05, 3.63) is 41.7 Å². The maximum Gasteiger partial charge on any atom is 0.240 e. The van der Waals surface area contributed by atoms with Crippen LogP contribution in [0.25, 0.3) is 0 Å². The molecule has 134 valence electrons. The molecule has 1 aromatic heterocycles. The first-order valence-corrected chi connectivity index (χ1v) is 9.80. The van der Waals surface area contributed by atoms with Crippen LogP contribution in [0.15, 0.2) is 35.4 Å². The molecule has 9 heteroatoms. The summed E-state index contributed by atoms with van der Waals surface area (Å²) >= 11 is 0. The van der Waals surface area contributed by atoms with Crippen molar-refractivity contribution >= 4 is 10.0 Å². The van der Waals surface area contributed by atoms with Gasteiger partial charge < -0.3 is 4.74 Å². The lowest BCUT2D eigenvalue weighted by atomic mass is 10.00. The Balaban J connectivity index is 1.46. The number of nitrogens with one attached hydrogen (secondary N) is 1. The van der Waals surface area contributed by atoms with Crippen LogP contribution >= 0.6 is 0 Å². The summed E-state index contributed by atoms with van der Waals surface area (Å²) in [6, 6.07) is 7.22. The molecule has 1 aromatic carbocycles. The predicted molar refractivity (Wildman–Crippen MR) is 90.2 cm³/mol. The molecule has 1 fully saturated rings. The van der Waals surface area contributed by atoms with Crippen LogP contribution in [0.3, 0.4) is 0 Å². The fourth-order valence-corrected chi connectivity index (χ4v) is 4.27. The van der Waals surface area contributed by atoms with Crippen molar-refractivity contribution in [3.63, 3.8) is 0 Å². The summed E-state index contributed by atoms with van der Waals surface area (Å²) in [6.45, 7) is 3.14. The number of sulfonamides is 1. The highest BCUT2D eigenvalue weighted by Crippen LogP contribution is 2.30. The van der Waals surface area contributed by atoms with E-state index in [-0.39, 0.29) is 17.0 Å². The van der Waals surface area contributed by atoms with E-state index in [1.807, 2.05) is 16.8 Å². The molecule has 0 radical (unpaired) electrons. The average molecular weight is 363 g/mol. The van der Waals surface area contributed by atoms with E-state index in [0.29, 0.717) is 6.61 Å². The van der Waals surface area contributed by atoms with Gasteiger partial charge in [-0.25, -0.2) is 17.8 Å². The standard InChI is InChI=1S/C16H21N5O3S/c1-17-25(22,23)14-4-2-12(3-5-14)9-20-7-6-16-15(10-20)21-13(11-24-16)8-18-19-21/h2-5,8,15-17H,6-7,9-11H2,1H3. The number of likely N-dealkylation sites (tertiary alicyclic amines) is 1. The summed E-state index contributed by atoms with van der Waals surface area (Å²) in [6.07, 6.45) is 2.90. The van der Waals surface area contributed by atoms with Crippen molar-refractivity contribution < 1.29 is 13.2 Å². The normalized spacial score (nSPS) is 23.9. The molecule has 0 spiro atoms. The van der Waals surface area contributed by atoms with Crippen molar-refractivity contribution in [2.45, 2.75) is 36.6 Å². The first kappa shape index (κ1) is 16.6. The van der Waals surface area contributed by atoms with E-state index in [1.54, 1.807) is 18.3 Å². The first-order valence-electron chi connectivity index (χ1n) is 8.32. The summed E-state index contributed by atoms with van der Waals surface area (Å²) in [5, 5.41) is 8.21. The molecule has 2 aromatic rings. The molecule has 0 amide bonds. The van der Waals surface area contributed by atoms with E-state index < -0.39 is 10.0 Å². The highest BCUT2D eigenvalue weighted by atomic mass is 32.2. The van der Waals surface area contributed by atoms with Crippen molar-refractivity contribution in [1.29, 1.82) is 0 Å². The Morgan fingerprint density at radius 2 is 2.12 bits per heavy atom. The van der Waals surface area contributed by atoms with E-state index >= 15 is 0 Å². The van der Waals surface area contributed by atoms with E-state index in [1.165, 1.54) is 7.05 Å². The molecule has 2 aliphatic heterocycles. The molecule has 0 bridgehead atoms. The molecule has 2 unspecified atom stereocenters. The molecule has 4 rings (SSSR count). The minimum atomic E-state index is -3.39. The second-order valence-corrected chi connectivity index (χ2v) is 8.35. The average Bonchev–Trinajstić information content (AvgIpc) is 3.11. The van der Waals surface area contributed by atoms with E-state index in [2.05, 4.69) is 19.9 Å². The Hall–Kier alpha value is -1.81. The minimum absolute atomic E-state index is 0.184. The van der Waals surface area contributed by atoms with E-state index in [0.717, 1.165) is 37.3 Å². The smallest absolute Gasteiger partial charge is 0.240 e. The lowest BCUT2D eigenvalue weighted by molar-refractivity contribution is -0.0669. The monoisotopic (exact) mass is 363 g/mol. The number of piperidine rings is 1. The van der Waals surface area contributed by atoms with E-state index in [4.69, 9.17) is 4.74 Å². The zero-order valence-corrected chi connectivity index (χ0v) is 14.8. The molecular formula is C16H21N5O3S. The van der Waals surface area contributed by atoms with Crippen molar-refractivity contribution in [2.24, 2.45) is 0 Å². The Labute approximate surface area is 146 Å². The lowest BCUT2D eigenvalue weighted by Crippen LogP contribution is -2.47. The molecule has 2 aliphatic rings. The van der Waals surface area contributed by atoms with Gasteiger partial charge in [0.2, 0.25) is 10.0 Å². The number of benzene rings is 1. The summed E-state index contributed by atoms with van der Waals surface area (Å²) in [5.74, 6) is 0. The van der Waals surface area contributed by atoms with E-state index in [9.17, 15) is 8.42 Å². The molecule has 1 N–H and O–H groups in total. The molecule has 25 heavy (non-hydrogen) atoms. The highest BCUT2D eigenvalue weighted by molar-refractivity contribution is 7.89. The van der Waals surface area contributed by atoms with Crippen LogP contribution in [0.1, 0.15) is 23.7 Å². The number of hydrogen-bond donors (Lipinski definition) is 1. The van der Waals surface area contributed by atoms with Crippen molar-refractivity contribution in [2.75, 3.05) is 20.1 Å². The molecule has 0 saturated carbocycles. The third-order valence-electron chi connectivity index (χ3n) is 4.92. The van der Waals surface area contributed by atoms with Gasteiger partial charge in [-0.15, -0.1) is 5.10 Å². The van der Waals surface area contributed by atoms with Crippen LogP contribution < -0.4 is 4.72 Å². The van der Waals surface area contributed by atoms with Crippen LogP contribution in [0.4, 0.5) is 0 Å². The van der Waals surface area contributed by atoms with Gasteiger partial charge in [-0.3, -0.25) is 4.90 Å². The van der Waals surface area contributed by atoms with Crippen molar-refractivity contribution in [1.82, 2.24) is 24.6 Å². The Morgan fingerprint density at radius 1 is 1.32 bits per heavy atom. The van der Waals surface area contributed by atoms with Gasteiger partial charge in [-0.1, -0.05) is 17.3 Å². The number of fused-ring (bicyclic) bond motifs is 3. The van der Waals surface area contributed by atoms with Crippen LogP contribution in [-0.2, 0) is 27.9 Å².